The summed E-state index contributed by atoms with van der Waals surface area (Å²) in [5.41, 5.74) is 1.79. The number of hydrogen-bond donors (Lipinski definition) is 3. The number of carbonyl (C=O) groups excluding carboxylic acids is 1. The molecular weight excluding hydrogens is 481 g/mol. The lowest BCUT2D eigenvalue weighted by atomic mass is 10.1. The fraction of sp³-hybridized carbons (Fsp3) is 0.500. The standard InChI is InChI=1S/C20H29N7O.HI/c1-4-17-25-18-9-8-16(13-27(18)26-17)24-20(22-3)23-11-10-14-6-5-7-15(12-14)19(28)21-2;/h5-7,12,16H,4,8-11,13H2,1-3H3,(H,21,28)(H2,22,23,24);1H. The van der Waals surface area contributed by atoms with E-state index in [-0.39, 0.29) is 35.9 Å². The SMILES string of the molecule is CCc1nc2n(n1)CC(NC(=NC)NCCc1cccc(C(=O)NC)c1)CC2.I. The van der Waals surface area contributed by atoms with Gasteiger partial charge in [-0.1, -0.05) is 19.1 Å². The lowest BCUT2D eigenvalue weighted by Gasteiger charge is -2.25. The quantitative estimate of drug-likeness (QED) is 0.311. The van der Waals surface area contributed by atoms with Crippen LogP contribution < -0.4 is 16.0 Å². The van der Waals surface area contributed by atoms with Crippen LogP contribution in [0.4, 0.5) is 0 Å². The van der Waals surface area contributed by atoms with Crippen molar-refractivity contribution in [2.45, 2.75) is 45.2 Å². The maximum absolute atomic E-state index is 11.8. The Morgan fingerprint density at radius 3 is 2.93 bits per heavy atom. The Kier molecular flexibility index (Phi) is 8.87. The average Bonchev–Trinajstić information content (AvgIpc) is 3.15. The molecule has 8 nitrogen and oxygen atoms in total. The number of benzene rings is 1. The van der Waals surface area contributed by atoms with Gasteiger partial charge >= 0.3 is 0 Å². The van der Waals surface area contributed by atoms with Gasteiger partial charge < -0.3 is 16.0 Å². The number of halogens is 1. The number of hydrogen-bond acceptors (Lipinski definition) is 4. The van der Waals surface area contributed by atoms with Crippen molar-refractivity contribution in [2.24, 2.45) is 4.99 Å². The van der Waals surface area contributed by atoms with Gasteiger partial charge in [-0.3, -0.25) is 9.79 Å². The zero-order valence-corrected chi connectivity index (χ0v) is 19.6. The molecule has 1 aromatic carbocycles. The number of aryl methyl sites for hydroxylation is 2. The van der Waals surface area contributed by atoms with Crippen molar-refractivity contribution in [3.63, 3.8) is 0 Å². The Morgan fingerprint density at radius 2 is 2.21 bits per heavy atom. The molecule has 3 rings (SSSR count). The number of aromatic nitrogens is 3. The first kappa shape index (κ1) is 23.1. The Morgan fingerprint density at radius 1 is 1.38 bits per heavy atom. The number of carbonyl (C=O) groups is 1. The van der Waals surface area contributed by atoms with Gasteiger partial charge in [0.2, 0.25) is 0 Å². The first-order valence-corrected chi connectivity index (χ1v) is 9.83. The summed E-state index contributed by atoms with van der Waals surface area (Å²) >= 11 is 0. The Bertz CT molecular complexity index is 849. The highest BCUT2D eigenvalue weighted by molar-refractivity contribution is 14.0. The van der Waals surface area contributed by atoms with E-state index in [2.05, 4.69) is 37.9 Å². The molecule has 0 aliphatic carbocycles. The van der Waals surface area contributed by atoms with Crippen molar-refractivity contribution in [3.05, 3.63) is 47.0 Å². The minimum Gasteiger partial charge on any atom is -0.356 e. The molecule has 2 aromatic rings. The van der Waals surface area contributed by atoms with E-state index in [0.717, 1.165) is 61.9 Å². The summed E-state index contributed by atoms with van der Waals surface area (Å²) in [6.07, 6.45) is 3.61. The second-order valence-electron chi connectivity index (χ2n) is 6.89. The predicted octanol–water partition coefficient (Wildman–Crippen LogP) is 1.54. The van der Waals surface area contributed by atoms with Crippen LogP contribution in [-0.2, 0) is 25.8 Å². The number of aliphatic imine (C=N–C) groups is 1. The predicted molar refractivity (Wildman–Crippen MR) is 125 cm³/mol. The molecule has 0 spiro atoms. The van der Waals surface area contributed by atoms with E-state index in [9.17, 15) is 4.79 Å². The molecule has 9 heteroatoms. The molecular formula is C20H30IN7O. The van der Waals surface area contributed by atoms with Crippen molar-refractivity contribution in [3.8, 4) is 0 Å². The summed E-state index contributed by atoms with van der Waals surface area (Å²) in [6.45, 7) is 3.61. The highest BCUT2D eigenvalue weighted by Gasteiger charge is 2.22. The highest BCUT2D eigenvalue weighted by atomic mass is 127. The van der Waals surface area contributed by atoms with Crippen molar-refractivity contribution in [2.75, 3.05) is 20.6 Å². The first-order chi connectivity index (χ1) is 13.6. The van der Waals surface area contributed by atoms with E-state index in [1.165, 1.54) is 0 Å². The van der Waals surface area contributed by atoms with Gasteiger partial charge in [0.25, 0.3) is 5.91 Å². The molecule has 2 heterocycles. The number of amides is 1. The third-order valence-electron chi connectivity index (χ3n) is 4.90. The van der Waals surface area contributed by atoms with Gasteiger partial charge in [0.15, 0.2) is 11.8 Å². The molecule has 29 heavy (non-hydrogen) atoms. The smallest absolute Gasteiger partial charge is 0.251 e. The average molecular weight is 511 g/mol. The number of guanidine groups is 1. The number of rotatable bonds is 6. The maximum Gasteiger partial charge on any atom is 0.251 e. The molecule has 1 unspecified atom stereocenters. The van der Waals surface area contributed by atoms with Crippen molar-refractivity contribution in [1.82, 2.24) is 30.7 Å². The second kappa shape index (κ2) is 11.1. The van der Waals surface area contributed by atoms with Gasteiger partial charge in [0.1, 0.15) is 5.82 Å². The minimum atomic E-state index is -0.0664. The topological polar surface area (TPSA) is 96.2 Å². The van der Waals surface area contributed by atoms with Crippen LogP contribution in [0.2, 0.25) is 0 Å². The van der Waals surface area contributed by atoms with Crippen LogP contribution in [0, 0.1) is 0 Å². The van der Waals surface area contributed by atoms with Gasteiger partial charge in [-0.15, -0.1) is 24.0 Å². The fourth-order valence-electron chi connectivity index (χ4n) is 3.35. The minimum absolute atomic E-state index is 0. The number of nitrogens with one attached hydrogen (secondary N) is 3. The maximum atomic E-state index is 11.8. The van der Waals surface area contributed by atoms with Crippen molar-refractivity contribution in [1.29, 1.82) is 0 Å². The van der Waals surface area contributed by atoms with Gasteiger partial charge in [0.05, 0.1) is 6.54 Å². The third-order valence-corrected chi connectivity index (χ3v) is 4.90. The van der Waals surface area contributed by atoms with Gasteiger partial charge in [-0.05, 0) is 30.5 Å². The summed E-state index contributed by atoms with van der Waals surface area (Å²) in [5, 5.41) is 14.1. The molecule has 0 saturated carbocycles. The summed E-state index contributed by atoms with van der Waals surface area (Å²) < 4.78 is 2.01. The van der Waals surface area contributed by atoms with E-state index in [1.807, 2.05) is 28.9 Å². The van der Waals surface area contributed by atoms with E-state index in [4.69, 9.17) is 0 Å². The molecule has 1 atom stereocenters. The molecule has 0 radical (unpaired) electrons. The largest absolute Gasteiger partial charge is 0.356 e. The van der Waals surface area contributed by atoms with Crippen LogP contribution in [0.25, 0.3) is 0 Å². The van der Waals surface area contributed by atoms with Crippen LogP contribution in [-0.4, -0.2) is 53.3 Å². The normalized spacial score (nSPS) is 15.8. The van der Waals surface area contributed by atoms with Crippen LogP contribution in [0.5, 0.6) is 0 Å². The zero-order valence-electron chi connectivity index (χ0n) is 17.2. The molecule has 0 bridgehead atoms. The van der Waals surface area contributed by atoms with E-state index >= 15 is 0 Å². The Balaban J connectivity index is 0.00000300. The summed E-state index contributed by atoms with van der Waals surface area (Å²) in [6, 6.07) is 7.97. The van der Waals surface area contributed by atoms with Crippen LogP contribution in [0.3, 0.4) is 0 Å². The van der Waals surface area contributed by atoms with E-state index in [0.29, 0.717) is 5.56 Å². The van der Waals surface area contributed by atoms with E-state index in [1.54, 1.807) is 14.1 Å². The lowest BCUT2D eigenvalue weighted by Crippen LogP contribution is -2.47. The van der Waals surface area contributed by atoms with Gasteiger partial charge in [0, 0.05) is 45.1 Å². The van der Waals surface area contributed by atoms with Crippen LogP contribution in [0.1, 0.15) is 40.9 Å². The molecule has 1 amide bonds. The Hall–Kier alpha value is -2.17. The van der Waals surface area contributed by atoms with Gasteiger partial charge in [-0.2, -0.15) is 5.10 Å². The fourth-order valence-corrected chi connectivity index (χ4v) is 3.35. The lowest BCUT2D eigenvalue weighted by molar-refractivity contribution is 0.0963. The summed E-state index contributed by atoms with van der Waals surface area (Å²) in [5.74, 6) is 2.71. The molecule has 0 saturated heterocycles. The third kappa shape index (κ3) is 6.15. The molecule has 158 valence electrons. The molecule has 1 aliphatic heterocycles. The summed E-state index contributed by atoms with van der Waals surface area (Å²) in [4.78, 5) is 20.7. The number of nitrogens with zero attached hydrogens (tertiary/aromatic N) is 4. The van der Waals surface area contributed by atoms with E-state index < -0.39 is 0 Å². The monoisotopic (exact) mass is 511 g/mol. The summed E-state index contributed by atoms with van der Waals surface area (Å²) in [7, 11) is 3.42. The van der Waals surface area contributed by atoms with Gasteiger partial charge in [-0.25, -0.2) is 9.67 Å². The van der Waals surface area contributed by atoms with Crippen molar-refractivity contribution < 1.29 is 4.79 Å². The molecule has 0 fully saturated rings. The molecule has 1 aromatic heterocycles. The number of fused-ring (bicyclic) bond motifs is 1. The molecule has 3 N–H and O–H groups in total. The zero-order chi connectivity index (χ0) is 19.9. The second-order valence-corrected chi connectivity index (χ2v) is 6.89. The van der Waals surface area contributed by atoms with Crippen molar-refractivity contribution >= 4 is 35.8 Å². The Labute approximate surface area is 189 Å². The van der Waals surface area contributed by atoms with Crippen LogP contribution in [0.15, 0.2) is 29.3 Å². The highest BCUT2D eigenvalue weighted by Crippen LogP contribution is 2.13. The van der Waals surface area contributed by atoms with Crippen LogP contribution >= 0.6 is 24.0 Å². The molecule has 1 aliphatic rings. The first-order valence-electron chi connectivity index (χ1n) is 9.83.